The zero-order chi connectivity index (χ0) is 16.5. The molecule has 2 N–H and O–H groups in total. The van der Waals surface area contributed by atoms with Crippen molar-refractivity contribution >= 4 is 0 Å². The van der Waals surface area contributed by atoms with Gasteiger partial charge in [-0.3, -0.25) is 0 Å². The van der Waals surface area contributed by atoms with Crippen LogP contribution in [0.2, 0.25) is 0 Å². The molecule has 4 heteroatoms. The van der Waals surface area contributed by atoms with E-state index in [-0.39, 0.29) is 0 Å². The lowest BCUT2D eigenvalue weighted by Crippen LogP contribution is -2.03. The minimum absolute atomic E-state index is 0.434. The first-order chi connectivity index (χ1) is 11.3. The highest BCUT2D eigenvalue weighted by molar-refractivity contribution is 5.41. The maximum Gasteiger partial charge on any atom is 0.161 e. The zero-order valence-electron chi connectivity index (χ0n) is 13.9. The summed E-state index contributed by atoms with van der Waals surface area (Å²) in [5.41, 5.74) is 7.85. The maximum atomic E-state index is 5.95. The molecule has 2 aromatic carbocycles. The van der Waals surface area contributed by atoms with Crippen molar-refractivity contribution in [3.05, 3.63) is 53.6 Å². The average molecular weight is 315 g/mol. The molecule has 0 atom stereocenters. The number of aryl methyl sites for hydroxylation is 1. The molecule has 2 rings (SSSR count). The minimum atomic E-state index is 0.434. The number of ether oxygens (including phenoxy) is 3. The fourth-order valence-corrected chi connectivity index (χ4v) is 2.41. The summed E-state index contributed by atoms with van der Waals surface area (Å²) >= 11 is 0. The van der Waals surface area contributed by atoms with Crippen LogP contribution in [0.25, 0.3) is 0 Å². The second-order valence-electron chi connectivity index (χ2n) is 5.21. The standard InChI is InChI=1S/C19H25NO3/c1-3-22-18-8-4-5-9-19(18)23-14-16-13-15(7-6-12-20)10-11-17(16)21-2/h4-5,8-11,13H,3,6-7,12,14,20H2,1-2H3. The van der Waals surface area contributed by atoms with Crippen LogP contribution in [0, 0.1) is 0 Å². The third kappa shape index (κ3) is 4.89. The quantitative estimate of drug-likeness (QED) is 0.768. The monoisotopic (exact) mass is 315 g/mol. The van der Waals surface area contributed by atoms with Crippen LogP contribution in [0.5, 0.6) is 17.2 Å². The van der Waals surface area contributed by atoms with Crippen molar-refractivity contribution in [1.82, 2.24) is 0 Å². The molecule has 124 valence electrons. The van der Waals surface area contributed by atoms with Crippen molar-refractivity contribution in [3.63, 3.8) is 0 Å². The Morgan fingerprint density at radius 3 is 2.35 bits per heavy atom. The minimum Gasteiger partial charge on any atom is -0.496 e. The summed E-state index contributed by atoms with van der Waals surface area (Å²) in [6.45, 7) is 3.70. The highest BCUT2D eigenvalue weighted by atomic mass is 16.5. The molecule has 2 aromatic rings. The summed E-state index contributed by atoms with van der Waals surface area (Å²) < 4.78 is 17.0. The van der Waals surface area contributed by atoms with Crippen LogP contribution in [-0.4, -0.2) is 20.3 Å². The van der Waals surface area contributed by atoms with Crippen LogP contribution >= 0.6 is 0 Å². The van der Waals surface area contributed by atoms with Crippen LogP contribution in [0.1, 0.15) is 24.5 Å². The normalized spacial score (nSPS) is 10.4. The van der Waals surface area contributed by atoms with Gasteiger partial charge in [-0.05, 0) is 56.1 Å². The molecule has 0 aliphatic carbocycles. The maximum absolute atomic E-state index is 5.95. The Morgan fingerprint density at radius 2 is 1.70 bits per heavy atom. The number of benzene rings is 2. The molecule has 0 saturated heterocycles. The number of para-hydroxylation sites is 2. The van der Waals surface area contributed by atoms with Crippen molar-refractivity contribution in [2.24, 2.45) is 5.73 Å². The Labute approximate surface area is 138 Å². The van der Waals surface area contributed by atoms with E-state index in [4.69, 9.17) is 19.9 Å². The first-order valence-electron chi connectivity index (χ1n) is 7.99. The van der Waals surface area contributed by atoms with Crippen LogP contribution in [0.4, 0.5) is 0 Å². The first kappa shape index (κ1) is 17.2. The predicted molar refractivity (Wildman–Crippen MR) is 92.3 cm³/mol. The molecule has 0 aliphatic heterocycles. The summed E-state index contributed by atoms with van der Waals surface area (Å²) in [7, 11) is 1.67. The van der Waals surface area contributed by atoms with Crippen molar-refractivity contribution < 1.29 is 14.2 Å². The number of methoxy groups -OCH3 is 1. The van der Waals surface area contributed by atoms with E-state index in [1.54, 1.807) is 7.11 Å². The molecule has 23 heavy (non-hydrogen) atoms. The molecule has 0 bridgehead atoms. The number of hydrogen-bond acceptors (Lipinski definition) is 4. The van der Waals surface area contributed by atoms with Crippen LogP contribution in [0.15, 0.2) is 42.5 Å². The van der Waals surface area contributed by atoms with Gasteiger partial charge in [0, 0.05) is 5.56 Å². The van der Waals surface area contributed by atoms with Gasteiger partial charge in [-0.25, -0.2) is 0 Å². The van der Waals surface area contributed by atoms with Crippen LogP contribution in [0.3, 0.4) is 0 Å². The van der Waals surface area contributed by atoms with Crippen molar-refractivity contribution in [2.45, 2.75) is 26.4 Å². The van der Waals surface area contributed by atoms with E-state index >= 15 is 0 Å². The summed E-state index contributed by atoms with van der Waals surface area (Å²) in [6, 6.07) is 13.9. The van der Waals surface area contributed by atoms with Gasteiger partial charge in [0.2, 0.25) is 0 Å². The topological polar surface area (TPSA) is 53.7 Å². The van der Waals surface area contributed by atoms with Gasteiger partial charge < -0.3 is 19.9 Å². The highest BCUT2D eigenvalue weighted by Crippen LogP contribution is 2.29. The van der Waals surface area contributed by atoms with E-state index in [1.807, 2.05) is 37.3 Å². The Balaban J connectivity index is 2.12. The van der Waals surface area contributed by atoms with Gasteiger partial charge >= 0.3 is 0 Å². The van der Waals surface area contributed by atoms with Gasteiger partial charge in [-0.15, -0.1) is 0 Å². The second kappa shape index (κ2) is 9.06. The Bertz CT molecular complexity index is 613. The number of rotatable bonds is 9. The Kier molecular flexibility index (Phi) is 6.76. The van der Waals surface area contributed by atoms with E-state index in [9.17, 15) is 0 Å². The summed E-state index contributed by atoms with van der Waals surface area (Å²) in [5.74, 6) is 2.33. The van der Waals surface area contributed by atoms with Crippen LogP contribution < -0.4 is 19.9 Å². The Morgan fingerprint density at radius 1 is 0.957 bits per heavy atom. The fraction of sp³-hybridized carbons (Fsp3) is 0.368. The first-order valence-corrected chi connectivity index (χ1v) is 7.99. The van der Waals surface area contributed by atoms with Crippen molar-refractivity contribution in [2.75, 3.05) is 20.3 Å². The van der Waals surface area contributed by atoms with Crippen molar-refractivity contribution in [3.8, 4) is 17.2 Å². The highest BCUT2D eigenvalue weighted by Gasteiger charge is 2.08. The van der Waals surface area contributed by atoms with E-state index in [1.165, 1.54) is 5.56 Å². The summed E-state index contributed by atoms with van der Waals surface area (Å²) in [5, 5.41) is 0. The van der Waals surface area contributed by atoms with E-state index < -0.39 is 0 Å². The van der Waals surface area contributed by atoms with Gasteiger partial charge in [0.1, 0.15) is 12.4 Å². The molecule has 0 unspecified atom stereocenters. The fourth-order valence-electron chi connectivity index (χ4n) is 2.41. The largest absolute Gasteiger partial charge is 0.496 e. The molecule has 0 aromatic heterocycles. The SMILES string of the molecule is CCOc1ccccc1OCc1cc(CCCN)ccc1OC. The molecule has 0 saturated carbocycles. The van der Waals surface area contributed by atoms with E-state index in [0.29, 0.717) is 19.8 Å². The predicted octanol–water partition coefficient (Wildman–Crippen LogP) is 3.56. The molecule has 0 fully saturated rings. The molecular formula is C19H25NO3. The zero-order valence-corrected chi connectivity index (χ0v) is 13.9. The number of hydrogen-bond donors (Lipinski definition) is 1. The summed E-state index contributed by atoms with van der Waals surface area (Å²) in [6.07, 6.45) is 1.93. The lowest BCUT2D eigenvalue weighted by molar-refractivity contribution is 0.265. The van der Waals surface area contributed by atoms with Gasteiger partial charge in [0.25, 0.3) is 0 Å². The third-order valence-electron chi connectivity index (χ3n) is 3.55. The molecule has 0 amide bonds. The van der Waals surface area contributed by atoms with Gasteiger partial charge in [-0.1, -0.05) is 18.2 Å². The van der Waals surface area contributed by atoms with Gasteiger partial charge in [0.05, 0.1) is 13.7 Å². The summed E-state index contributed by atoms with van der Waals surface area (Å²) in [4.78, 5) is 0. The van der Waals surface area contributed by atoms with E-state index in [2.05, 4.69) is 12.1 Å². The third-order valence-corrected chi connectivity index (χ3v) is 3.55. The van der Waals surface area contributed by atoms with Crippen molar-refractivity contribution in [1.29, 1.82) is 0 Å². The van der Waals surface area contributed by atoms with E-state index in [0.717, 1.165) is 35.7 Å². The number of nitrogens with two attached hydrogens (primary N) is 1. The Hall–Kier alpha value is -2.20. The molecule has 0 radical (unpaired) electrons. The smallest absolute Gasteiger partial charge is 0.161 e. The molecule has 0 heterocycles. The molecule has 0 aliphatic rings. The molecule has 4 nitrogen and oxygen atoms in total. The average Bonchev–Trinajstić information content (AvgIpc) is 2.59. The van der Waals surface area contributed by atoms with Gasteiger partial charge in [0.15, 0.2) is 11.5 Å². The van der Waals surface area contributed by atoms with Crippen LogP contribution in [-0.2, 0) is 13.0 Å². The molecule has 0 spiro atoms. The second-order valence-corrected chi connectivity index (χ2v) is 5.21. The lowest BCUT2D eigenvalue weighted by Gasteiger charge is -2.14. The van der Waals surface area contributed by atoms with Gasteiger partial charge in [-0.2, -0.15) is 0 Å². The lowest BCUT2D eigenvalue weighted by atomic mass is 10.1. The molecular weight excluding hydrogens is 290 g/mol.